The van der Waals surface area contributed by atoms with E-state index in [1.807, 2.05) is 29.8 Å². The maximum absolute atomic E-state index is 5.54. The van der Waals surface area contributed by atoms with E-state index in [1.165, 1.54) is 5.57 Å². The van der Waals surface area contributed by atoms with Crippen LogP contribution in [-0.2, 0) is 0 Å². The van der Waals surface area contributed by atoms with E-state index >= 15 is 0 Å². The van der Waals surface area contributed by atoms with Gasteiger partial charge >= 0.3 is 0 Å². The number of hydrogen-bond acceptors (Lipinski definition) is 3. The molecule has 1 aromatic carbocycles. The zero-order valence-electron chi connectivity index (χ0n) is 12.8. The number of aryl methyl sites for hydroxylation is 1. The molecule has 0 aliphatic carbocycles. The normalized spacial score (nSPS) is 16.6. The fourth-order valence-electron chi connectivity index (χ4n) is 2.60. The molecule has 0 radical (unpaired) electrons. The van der Waals surface area contributed by atoms with Crippen LogP contribution in [-0.4, -0.2) is 28.2 Å². The van der Waals surface area contributed by atoms with Gasteiger partial charge in [-0.15, -0.1) is 0 Å². The number of piperidine rings is 1. The van der Waals surface area contributed by atoms with Crippen LogP contribution in [0, 0.1) is 6.92 Å². The third-order valence-corrected chi connectivity index (χ3v) is 4.14. The maximum Gasteiger partial charge on any atom is 0.143 e. The van der Waals surface area contributed by atoms with Gasteiger partial charge in [0.1, 0.15) is 10.7 Å². The maximum atomic E-state index is 5.54. The summed E-state index contributed by atoms with van der Waals surface area (Å²) in [7, 11) is 1.69. The Bertz CT molecular complexity index is 733. The van der Waals surface area contributed by atoms with E-state index in [0.717, 1.165) is 47.1 Å². The first-order valence-electron chi connectivity index (χ1n) is 7.35. The topological polar surface area (TPSA) is 39.1 Å². The van der Waals surface area contributed by atoms with Crippen LogP contribution in [0.5, 0.6) is 5.75 Å². The number of rotatable bonds is 3. The Balaban J connectivity index is 1.95. The van der Waals surface area contributed by atoms with Gasteiger partial charge in [0, 0.05) is 12.7 Å². The molecule has 0 saturated carbocycles. The first-order chi connectivity index (χ1) is 10.7. The van der Waals surface area contributed by atoms with Crippen LogP contribution in [0.4, 0.5) is 0 Å². The van der Waals surface area contributed by atoms with E-state index in [2.05, 4.69) is 22.4 Å². The molecule has 0 atom stereocenters. The van der Waals surface area contributed by atoms with Gasteiger partial charge in [0.05, 0.1) is 24.8 Å². The molecule has 2 aromatic rings. The second-order valence-corrected chi connectivity index (χ2v) is 5.79. The number of nitrogens with zero attached hydrogens (tertiary/aromatic N) is 2. The second kappa shape index (κ2) is 6.32. The van der Waals surface area contributed by atoms with Crippen molar-refractivity contribution in [3.8, 4) is 11.4 Å². The van der Waals surface area contributed by atoms with Gasteiger partial charge in [-0.05, 0) is 49.1 Å². The van der Waals surface area contributed by atoms with E-state index in [-0.39, 0.29) is 0 Å². The molecule has 2 heterocycles. The average molecular weight is 313 g/mol. The zero-order valence-corrected chi connectivity index (χ0v) is 13.6. The summed E-state index contributed by atoms with van der Waals surface area (Å²) >= 11 is 5.37. The molecule has 1 saturated heterocycles. The van der Waals surface area contributed by atoms with Crippen molar-refractivity contribution in [1.82, 2.24) is 14.9 Å². The number of thiocarbonyl (C=S) groups is 1. The van der Waals surface area contributed by atoms with Crippen LogP contribution < -0.4 is 10.1 Å². The van der Waals surface area contributed by atoms with Crippen LogP contribution in [0.2, 0.25) is 0 Å². The van der Waals surface area contributed by atoms with Gasteiger partial charge in [0.2, 0.25) is 0 Å². The summed E-state index contributed by atoms with van der Waals surface area (Å²) in [5.74, 6) is 0.821. The lowest BCUT2D eigenvalue weighted by Gasteiger charge is -2.18. The monoisotopic (exact) mass is 313 g/mol. The molecule has 1 aromatic heterocycles. The van der Waals surface area contributed by atoms with Crippen LogP contribution in [0.15, 0.2) is 36.3 Å². The number of methoxy groups -OCH3 is 1. The van der Waals surface area contributed by atoms with Gasteiger partial charge in [-0.25, -0.2) is 4.98 Å². The molecule has 0 bridgehead atoms. The van der Waals surface area contributed by atoms with E-state index in [1.54, 1.807) is 13.4 Å². The van der Waals surface area contributed by atoms with Gasteiger partial charge in [0.15, 0.2) is 0 Å². The van der Waals surface area contributed by atoms with Crippen molar-refractivity contribution in [3.63, 3.8) is 0 Å². The summed E-state index contributed by atoms with van der Waals surface area (Å²) in [6.07, 6.45) is 8.06. The first-order valence-corrected chi connectivity index (χ1v) is 7.76. The molecule has 1 aliphatic rings. The highest BCUT2D eigenvalue weighted by Crippen LogP contribution is 2.26. The van der Waals surface area contributed by atoms with Crippen molar-refractivity contribution in [1.29, 1.82) is 0 Å². The lowest BCUT2D eigenvalue weighted by molar-refractivity contribution is 0.413. The highest BCUT2D eigenvalue weighted by molar-refractivity contribution is 7.80. The smallest absolute Gasteiger partial charge is 0.143 e. The Morgan fingerprint density at radius 3 is 2.95 bits per heavy atom. The minimum absolute atomic E-state index is 0.821. The Morgan fingerprint density at radius 2 is 2.27 bits per heavy atom. The van der Waals surface area contributed by atoms with Crippen molar-refractivity contribution >= 4 is 23.3 Å². The summed E-state index contributed by atoms with van der Waals surface area (Å²) in [4.78, 5) is 5.13. The van der Waals surface area contributed by atoms with Crippen molar-refractivity contribution < 1.29 is 4.74 Å². The van der Waals surface area contributed by atoms with Crippen molar-refractivity contribution in [3.05, 3.63) is 47.6 Å². The van der Waals surface area contributed by atoms with Gasteiger partial charge in [0.25, 0.3) is 0 Å². The quantitative estimate of drug-likeness (QED) is 0.697. The van der Waals surface area contributed by atoms with Crippen LogP contribution in [0.25, 0.3) is 11.8 Å². The Morgan fingerprint density at radius 1 is 1.41 bits per heavy atom. The summed E-state index contributed by atoms with van der Waals surface area (Å²) in [6.45, 7) is 2.94. The molecular weight excluding hydrogens is 294 g/mol. The third kappa shape index (κ3) is 3.04. The molecule has 0 unspecified atom stereocenters. The minimum atomic E-state index is 0.821. The molecule has 3 rings (SSSR count). The molecule has 5 heteroatoms. The standard InChI is InChI=1S/C17H19N3OS/c1-12-10-20(11-19-12)15-6-5-13(9-16(15)21-2)8-14-4-3-7-18-17(14)22/h5-6,8-11H,3-4,7H2,1-2H3,(H,18,22)/b14-8+. The molecular formula is C17H19N3OS. The fraction of sp³-hybridized carbons (Fsp3) is 0.294. The highest BCUT2D eigenvalue weighted by Gasteiger charge is 2.11. The fourth-order valence-corrected chi connectivity index (χ4v) is 2.86. The SMILES string of the molecule is COc1cc(/C=C2\CCCNC2=S)ccc1-n1cnc(C)c1. The molecule has 1 N–H and O–H groups in total. The zero-order chi connectivity index (χ0) is 15.5. The van der Waals surface area contributed by atoms with Crippen LogP contribution in [0.3, 0.4) is 0 Å². The van der Waals surface area contributed by atoms with E-state index < -0.39 is 0 Å². The molecule has 22 heavy (non-hydrogen) atoms. The van der Waals surface area contributed by atoms with Gasteiger partial charge in [-0.3, -0.25) is 0 Å². The molecule has 4 nitrogen and oxygen atoms in total. The Kier molecular flexibility index (Phi) is 4.24. The summed E-state index contributed by atoms with van der Waals surface area (Å²) in [5.41, 5.74) is 4.24. The van der Waals surface area contributed by atoms with Crippen molar-refractivity contribution in [2.24, 2.45) is 0 Å². The third-order valence-electron chi connectivity index (χ3n) is 3.73. The Hall–Kier alpha value is -2.14. The number of benzene rings is 1. The molecule has 0 amide bonds. The lowest BCUT2D eigenvalue weighted by atomic mass is 10.0. The van der Waals surface area contributed by atoms with E-state index in [9.17, 15) is 0 Å². The van der Waals surface area contributed by atoms with Crippen LogP contribution >= 0.6 is 12.2 Å². The number of ether oxygens (including phenoxy) is 1. The van der Waals surface area contributed by atoms with E-state index in [4.69, 9.17) is 17.0 Å². The summed E-state index contributed by atoms with van der Waals surface area (Å²) < 4.78 is 7.51. The van der Waals surface area contributed by atoms with Gasteiger partial charge < -0.3 is 14.6 Å². The van der Waals surface area contributed by atoms with Gasteiger partial charge in [-0.2, -0.15) is 0 Å². The number of nitrogens with one attached hydrogen (secondary N) is 1. The van der Waals surface area contributed by atoms with Gasteiger partial charge in [-0.1, -0.05) is 18.3 Å². The van der Waals surface area contributed by atoms with Crippen LogP contribution in [0.1, 0.15) is 24.1 Å². The van der Waals surface area contributed by atoms with Crippen molar-refractivity contribution in [2.75, 3.05) is 13.7 Å². The predicted octanol–water partition coefficient (Wildman–Crippen LogP) is 3.28. The molecule has 0 spiro atoms. The highest BCUT2D eigenvalue weighted by atomic mass is 32.1. The van der Waals surface area contributed by atoms with Crippen molar-refractivity contribution in [2.45, 2.75) is 19.8 Å². The predicted molar refractivity (Wildman–Crippen MR) is 92.7 cm³/mol. The van der Waals surface area contributed by atoms with E-state index in [0.29, 0.717) is 0 Å². The first kappa shape index (κ1) is 14.8. The Labute approximate surface area is 135 Å². The molecule has 114 valence electrons. The lowest BCUT2D eigenvalue weighted by Crippen LogP contribution is -2.29. The minimum Gasteiger partial charge on any atom is -0.495 e. The number of imidazole rings is 1. The average Bonchev–Trinajstić information content (AvgIpc) is 2.96. The number of aromatic nitrogens is 2. The summed E-state index contributed by atoms with van der Waals surface area (Å²) in [5, 5.41) is 3.24. The molecule has 1 fully saturated rings. The largest absolute Gasteiger partial charge is 0.495 e. The summed E-state index contributed by atoms with van der Waals surface area (Å²) in [6, 6.07) is 6.16. The number of hydrogen-bond donors (Lipinski definition) is 1. The second-order valence-electron chi connectivity index (χ2n) is 5.38. The molecule has 1 aliphatic heterocycles.